The number of rotatable bonds is 2. The van der Waals surface area contributed by atoms with Gasteiger partial charge in [0.15, 0.2) is 0 Å². The molecular formula is C10H9N3O2. The normalized spacial score (nSPS) is 11.0. The van der Waals surface area contributed by atoms with E-state index < -0.39 is 0 Å². The van der Waals surface area contributed by atoms with Crippen molar-refractivity contribution < 1.29 is 9.94 Å². The van der Waals surface area contributed by atoms with Gasteiger partial charge in [-0.25, -0.2) is 9.97 Å². The van der Waals surface area contributed by atoms with Crippen LogP contribution in [0.2, 0.25) is 0 Å². The van der Waals surface area contributed by atoms with E-state index in [-0.39, 0.29) is 0 Å². The predicted octanol–water partition coefficient (Wildman–Crippen LogP) is 1.45. The lowest BCUT2D eigenvalue weighted by atomic mass is 10.3. The molecule has 0 saturated heterocycles. The third kappa shape index (κ3) is 1.71. The molecule has 0 saturated carbocycles. The Morgan fingerprint density at radius 3 is 2.53 bits per heavy atom. The first-order valence-electron chi connectivity index (χ1n) is 4.33. The Hall–Kier alpha value is -2.17. The zero-order valence-corrected chi connectivity index (χ0v) is 8.08. The highest BCUT2D eigenvalue weighted by Gasteiger charge is 2.06. The van der Waals surface area contributed by atoms with Crippen LogP contribution in [-0.2, 0) is 0 Å². The summed E-state index contributed by atoms with van der Waals surface area (Å²) in [4.78, 5) is 8.46. The number of oxime groups is 1. The second-order valence-electron chi connectivity index (χ2n) is 2.85. The van der Waals surface area contributed by atoms with Gasteiger partial charge in [-0.1, -0.05) is 17.3 Å². The van der Waals surface area contributed by atoms with E-state index in [1.165, 1.54) is 13.3 Å². The summed E-state index contributed by atoms with van der Waals surface area (Å²) in [6.07, 6.45) is 1.19. The molecule has 76 valence electrons. The maximum Gasteiger partial charge on any atom is 0.242 e. The predicted molar refractivity (Wildman–Crippen MR) is 55.5 cm³/mol. The third-order valence-electron chi connectivity index (χ3n) is 1.94. The molecular weight excluding hydrogens is 194 g/mol. The summed E-state index contributed by atoms with van der Waals surface area (Å²) in [5, 5.41) is 11.4. The highest BCUT2D eigenvalue weighted by molar-refractivity contribution is 5.84. The van der Waals surface area contributed by atoms with Crippen molar-refractivity contribution in [2.45, 2.75) is 0 Å². The molecule has 2 rings (SSSR count). The second kappa shape index (κ2) is 3.91. The van der Waals surface area contributed by atoms with E-state index in [1.807, 2.05) is 24.3 Å². The highest BCUT2D eigenvalue weighted by Crippen LogP contribution is 2.16. The van der Waals surface area contributed by atoms with Gasteiger partial charge in [-0.05, 0) is 12.1 Å². The Balaban J connectivity index is 2.69. The summed E-state index contributed by atoms with van der Waals surface area (Å²) in [7, 11) is 1.49. The van der Waals surface area contributed by atoms with E-state index in [4.69, 9.17) is 9.94 Å². The number of fused-ring (bicyclic) bond motifs is 1. The Morgan fingerprint density at radius 2 is 1.93 bits per heavy atom. The van der Waals surface area contributed by atoms with Crippen LogP contribution in [0.3, 0.4) is 0 Å². The first kappa shape index (κ1) is 9.39. The minimum atomic E-state index is 0.339. The molecule has 1 aromatic heterocycles. The zero-order valence-electron chi connectivity index (χ0n) is 8.08. The van der Waals surface area contributed by atoms with Gasteiger partial charge in [0.05, 0.1) is 24.4 Å². The largest absolute Gasteiger partial charge is 0.479 e. The number of nitrogens with zero attached hydrogens (tertiary/aromatic N) is 3. The van der Waals surface area contributed by atoms with Gasteiger partial charge in [0.25, 0.3) is 0 Å². The first-order chi connectivity index (χ1) is 7.35. The van der Waals surface area contributed by atoms with Crippen LogP contribution in [0, 0.1) is 0 Å². The van der Waals surface area contributed by atoms with Crippen molar-refractivity contribution in [3.63, 3.8) is 0 Å². The average molecular weight is 203 g/mol. The number of benzene rings is 1. The molecule has 0 bridgehead atoms. The maximum absolute atomic E-state index is 8.46. The number of hydrogen-bond acceptors (Lipinski definition) is 5. The van der Waals surface area contributed by atoms with Crippen molar-refractivity contribution in [1.29, 1.82) is 0 Å². The molecule has 0 aliphatic rings. The Bertz CT molecular complexity index is 511. The summed E-state index contributed by atoms with van der Waals surface area (Å²) >= 11 is 0. The Kier molecular flexibility index (Phi) is 2.45. The molecule has 1 aromatic carbocycles. The van der Waals surface area contributed by atoms with E-state index in [9.17, 15) is 0 Å². The quantitative estimate of drug-likeness (QED) is 0.455. The van der Waals surface area contributed by atoms with Gasteiger partial charge >= 0.3 is 0 Å². The molecule has 0 unspecified atom stereocenters. The summed E-state index contributed by atoms with van der Waals surface area (Å²) in [6, 6.07) is 7.40. The molecule has 0 aliphatic carbocycles. The number of para-hydroxylation sites is 2. The number of aromatic nitrogens is 2. The van der Waals surface area contributed by atoms with Gasteiger partial charge in [0, 0.05) is 0 Å². The lowest BCUT2D eigenvalue weighted by Gasteiger charge is -2.03. The number of ether oxygens (including phenoxy) is 1. The summed E-state index contributed by atoms with van der Waals surface area (Å²) in [5.41, 5.74) is 1.87. The first-order valence-corrected chi connectivity index (χ1v) is 4.33. The van der Waals surface area contributed by atoms with Crippen LogP contribution in [0.4, 0.5) is 0 Å². The maximum atomic E-state index is 8.46. The summed E-state index contributed by atoms with van der Waals surface area (Å²) in [6.45, 7) is 0. The van der Waals surface area contributed by atoms with Crippen molar-refractivity contribution in [2.75, 3.05) is 7.11 Å². The van der Waals surface area contributed by atoms with Crippen LogP contribution < -0.4 is 4.74 Å². The molecule has 0 fully saturated rings. The van der Waals surface area contributed by atoms with E-state index in [0.717, 1.165) is 11.0 Å². The number of methoxy groups -OCH3 is 1. The van der Waals surface area contributed by atoms with Crippen LogP contribution >= 0.6 is 0 Å². The van der Waals surface area contributed by atoms with Gasteiger partial charge in [-0.2, -0.15) is 0 Å². The van der Waals surface area contributed by atoms with E-state index in [1.54, 1.807) is 0 Å². The van der Waals surface area contributed by atoms with Gasteiger partial charge in [0.2, 0.25) is 5.88 Å². The number of hydrogen-bond donors (Lipinski definition) is 1. The lowest BCUT2D eigenvalue weighted by Crippen LogP contribution is -1.98. The molecule has 0 amide bonds. The molecule has 0 radical (unpaired) electrons. The van der Waals surface area contributed by atoms with Crippen LogP contribution in [0.25, 0.3) is 11.0 Å². The second-order valence-corrected chi connectivity index (χ2v) is 2.85. The molecule has 1 heterocycles. The summed E-state index contributed by atoms with van der Waals surface area (Å²) in [5.74, 6) is 0.339. The smallest absolute Gasteiger partial charge is 0.242 e. The van der Waals surface area contributed by atoms with Crippen molar-refractivity contribution in [1.82, 2.24) is 9.97 Å². The molecule has 1 N–H and O–H groups in total. The topological polar surface area (TPSA) is 67.6 Å². The van der Waals surface area contributed by atoms with Crippen molar-refractivity contribution in [3.05, 3.63) is 30.0 Å². The highest BCUT2D eigenvalue weighted by atomic mass is 16.5. The molecule has 5 heteroatoms. The molecule has 0 atom stereocenters. The van der Waals surface area contributed by atoms with Crippen molar-refractivity contribution >= 4 is 17.2 Å². The Labute approximate surface area is 86.0 Å². The standard InChI is InChI=1S/C10H9N3O2/c1-15-10-9(6-11-14)12-7-4-2-3-5-8(7)13-10/h2-6,14H,1H3/b11-6+. The van der Waals surface area contributed by atoms with E-state index >= 15 is 0 Å². The zero-order chi connectivity index (χ0) is 10.7. The van der Waals surface area contributed by atoms with Gasteiger partial charge in [0.1, 0.15) is 5.69 Å². The fraction of sp³-hybridized carbons (Fsp3) is 0.100. The van der Waals surface area contributed by atoms with Gasteiger partial charge in [-0.3, -0.25) is 0 Å². The van der Waals surface area contributed by atoms with Crippen molar-refractivity contribution in [3.8, 4) is 5.88 Å². The van der Waals surface area contributed by atoms with Gasteiger partial charge < -0.3 is 9.94 Å². The molecule has 5 nitrogen and oxygen atoms in total. The average Bonchev–Trinajstić information content (AvgIpc) is 2.28. The molecule has 15 heavy (non-hydrogen) atoms. The molecule has 0 spiro atoms. The van der Waals surface area contributed by atoms with Crippen LogP contribution in [0.1, 0.15) is 5.69 Å². The van der Waals surface area contributed by atoms with Crippen molar-refractivity contribution in [2.24, 2.45) is 5.16 Å². The SMILES string of the molecule is COc1nc2ccccc2nc1/C=N/O. The fourth-order valence-electron chi connectivity index (χ4n) is 1.29. The van der Waals surface area contributed by atoms with Crippen LogP contribution in [-0.4, -0.2) is 28.5 Å². The third-order valence-corrected chi connectivity index (χ3v) is 1.94. The van der Waals surface area contributed by atoms with Crippen LogP contribution in [0.5, 0.6) is 5.88 Å². The fourth-order valence-corrected chi connectivity index (χ4v) is 1.29. The Morgan fingerprint density at radius 1 is 1.27 bits per heavy atom. The monoisotopic (exact) mass is 203 g/mol. The van der Waals surface area contributed by atoms with E-state index in [0.29, 0.717) is 11.6 Å². The summed E-state index contributed by atoms with van der Waals surface area (Å²) < 4.78 is 5.03. The molecule has 2 aromatic rings. The molecule has 0 aliphatic heterocycles. The van der Waals surface area contributed by atoms with Gasteiger partial charge in [-0.15, -0.1) is 0 Å². The van der Waals surface area contributed by atoms with E-state index in [2.05, 4.69) is 15.1 Å². The van der Waals surface area contributed by atoms with Crippen LogP contribution in [0.15, 0.2) is 29.4 Å². The minimum Gasteiger partial charge on any atom is -0.479 e. The minimum absolute atomic E-state index is 0.339. The lowest BCUT2D eigenvalue weighted by molar-refractivity contribution is 0.321.